The van der Waals surface area contributed by atoms with Gasteiger partial charge in [-0.3, -0.25) is 4.79 Å². The van der Waals surface area contributed by atoms with E-state index in [-0.39, 0.29) is 23.3 Å². The predicted molar refractivity (Wildman–Crippen MR) is 91.5 cm³/mol. The van der Waals surface area contributed by atoms with Gasteiger partial charge in [-0.15, -0.1) is 0 Å². The van der Waals surface area contributed by atoms with Crippen molar-refractivity contribution in [1.29, 1.82) is 0 Å². The van der Waals surface area contributed by atoms with Crippen LogP contribution in [0.15, 0.2) is 30.3 Å². The van der Waals surface area contributed by atoms with Crippen LogP contribution in [0.1, 0.15) is 45.6 Å². The Hall–Kier alpha value is -1.35. The summed E-state index contributed by atoms with van der Waals surface area (Å²) in [5.74, 6) is 0.390. The van der Waals surface area contributed by atoms with E-state index >= 15 is 0 Å². The Labute approximate surface area is 134 Å². The third-order valence-corrected chi connectivity index (χ3v) is 5.27. The normalized spacial score (nSPS) is 24.3. The number of carbonyl (C=O) groups is 1. The zero-order valence-electron chi connectivity index (χ0n) is 14.2. The van der Waals surface area contributed by atoms with Gasteiger partial charge in [-0.1, -0.05) is 57.5 Å². The number of carbonyl (C=O) groups excluding carboxylic acids is 1. The van der Waals surface area contributed by atoms with Crippen molar-refractivity contribution in [2.75, 3.05) is 13.1 Å². The van der Waals surface area contributed by atoms with Crippen LogP contribution in [0, 0.1) is 11.3 Å². The fourth-order valence-electron chi connectivity index (χ4n) is 3.21. The smallest absolute Gasteiger partial charge is 0.239 e. The van der Waals surface area contributed by atoms with Crippen LogP contribution in [0.4, 0.5) is 0 Å². The van der Waals surface area contributed by atoms with E-state index in [9.17, 15) is 4.79 Å². The lowest BCUT2D eigenvalue weighted by atomic mass is 9.83. The predicted octanol–water partition coefficient (Wildman–Crippen LogP) is 3.23. The first-order chi connectivity index (χ1) is 10.4. The second kappa shape index (κ2) is 7.28. The maximum Gasteiger partial charge on any atom is 0.239 e. The average molecular weight is 302 g/mol. The first-order valence-electron chi connectivity index (χ1n) is 8.53. The van der Waals surface area contributed by atoms with E-state index in [0.29, 0.717) is 0 Å². The van der Waals surface area contributed by atoms with Crippen molar-refractivity contribution >= 4 is 5.91 Å². The Morgan fingerprint density at radius 2 is 2.05 bits per heavy atom. The summed E-state index contributed by atoms with van der Waals surface area (Å²) >= 11 is 0. The maximum atomic E-state index is 12.5. The van der Waals surface area contributed by atoms with Crippen molar-refractivity contribution in [3.05, 3.63) is 35.9 Å². The molecule has 3 unspecified atom stereocenters. The van der Waals surface area contributed by atoms with E-state index in [4.69, 9.17) is 5.73 Å². The van der Waals surface area contributed by atoms with Crippen LogP contribution in [0.5, 0.6) is 0 Å². The highest BCUT2D eigenvalue weighted by Gasteiger charge is 2.37. The van der Waals surface area contributed by atoms with Crippen LogP contribution in [0.2, 0.25) is 0 Å². The van der Waals surface area contributed by atoms with Gasteiger partial charge in [0.05, 0.1) is 6.04 Å². The summed E-state index contributed by atoms with van der Waals surface area (Å²) in [7, 11) is 0. The number of likely N-dealkylation sites (tertiary alicyclic amines) is 1. The summed E-state index contributed by atoms with van der Waals surface area (Å²) in [6, 6.07) is 10.2. The summed E-state index contributed by atoms with van der Waals surface area (Å²) in [6.07, 6.45) is 4.24. The number of hydrogen-bond acceptors (Lipinski definition) is 2. The van der Waals surface area contributed by atoms with Crippen LogP contribution in [-0.2, 0) is 11.2 Å². The van der Waals surface area contributed by atoms with Crippen molar-refractivity contribution in [3.63, 3.8) is 0 Å². The second-order valence-electron chi connectivity index (χ2n) is 7.22. The van der Waals surface area contributed by atoms with Crippen molar-refractivity contribution in [1.82, 2.24) is 4.90 Å². The van der Waals surface area contributed by atoms with Crippen molar-refractivity contribution in [3.8, 4) is 0 Å². The van der Waals surface area contributed by atoms with Crippen LogP contribution in [-0.4, -0.2) is 29.9 Å². The molecule has 1 heterocycles. The van der Waals surface area contributed by atoms with Gasteiger partial charge in [-0.25, -0.2) is 0 Å². The lowest BCUT2D eigenvalue weighted by Gasteiger charge is -2.27. The third-order valence-electron chi connectivity index (χ3n) is 5.27. The Morgan fingerprint density at radius 3 is 2.68 bits per heavy atom. The molecular weight excluding hydrogens is 272 g/mol. The number of aryl methyl sites for hydroxylation is 1. The van der Waals surface area contributed by atoms with E-state index in [2.05, 4.69) is 51.1 Å². The monoisotopic (exact) mass is 302 g/mol. The molecule has 2 rings (SSSR count). The van der Waals surface area contributed by atoms with Gasteiger partial charge in [-0.05, 0) is 36.2 Å². The summed E-state index contributed by atoms with van der Waals surface area (Å²) in [6.45, 7) is 8.16. The number of amides is 1. The van der Waals surface area contributed by atoms with E-state index in [0.717, 1.165) is 38.8 Å². The lowest BCUT2D eigenvalue weighted by molar-refractivity contribution is -0.133. The summed E-state index contributed by atoms with van der Waals surface area (Å²) < 4.78 is 0. The minimum absolute atomic E-state index is 0.137. The number of nitrogens with two attached hydrogens (primary N) is 1. The number of hydrogen-bond donors (Lipinski definition) is 1. The largest absolute Gasteiger partial charge is 0.341 e. The zero-order chi connectivity index (χ0) is 16.2. The second-order valence-corrected chi connectivity index (χ2v) is 7.22. The molecule has 1 aromatic carbocycles. The standard InChI is InChI=1S/C19H30N2O/c1-4-15(2)17(20)18(22)21-13-12-19(3,14-21)11-10-16-8-6-5-7-9-16/h5-9,15,17H,4,10-14,20H2,1-3H3. The Bertz CT molecular complexity index is 487. The molecule has 0 aliphatic carbocycles. The SMILES string of the molecule is CCC(C)C(N)C(=O)N1CCC(C)(CCc2ccccc2)C1. The van der Waals surface area contributed by atoms with Crippen LogP contribution in [0.25, 0.3) is 0 Å². The van der Waals surface area contributed by atoms with Gasteiger partial charge in [0.15, 0.2) is 0 Å². The molecule has 0 saturated carbocycles. The molecule has 0 bridgehead atoms. The molecule has 1 aromatic rings. The molecule has 1 aliphatic rings. The zero-order valence-corrected chi connectivity index (χ0v) is 14.2. The number of nitrogens with zero attached hydrogens (tertiary/aromatic N) is 1. The van der Waals surface area contributed by atoms with Crippen LogP contribution < -0.4 is 5.73 Å². The molecule has 1 fully saturated rings. The molecule has 0 radical (unpaired) electrons. The highest BCUT2D eigenvalue weighted by atomic mass is 16.2. The van der Waals surface area contributed by atoms with Crippen molar-refractivity contribution in [2.45, 2.75) is 52.5 Å². The van der Waals surface area contributed by atoms with E-state index in [1.54, 1.807) is 0 Å². The molecule has 2 N–H and O–H groups in total. The van der Waals surface area contributed by atoms with Gasteiger partial charge in [-0.2, -0.15) is 0 Å². The number of rotatable bonds is 6. The van der Waals surface area contributed by atoms with Gasteiger partial charge in [0.2, 0.25) is 5.91 Å². The first-order valence-corrected chi connectivity index (χ1v) is 8.53. The number of benzene rings is 1. The first kappa shape index (κ1) is 17.0. The molecule has 1 saturated heterocycles. The molecule has 3 heteroatoms. The van der Waals surface area contributed by atoms with Gasteiger partial charge < -0.3 is 10.6 Å². The average Bonchev–Trinajstić information content (AvgIpc) is 2.94. The fraction of sp³-hybridized carbons (Fsp3) is 0.632. The molecule has 3 atom stereocenters. The molecule has 1 amide bonds. The van der Waals surface area contributed by atoms with E-state index in [1.165, 1.54) is 5.56 Å². The highest BCUT2D eigenvalue weighted by Crippen LogP contribution is 2.35. The van der Waals surface area contributed by atoms with Crippen molar-refractivity contribution in [2.24, 2.45) is 17.1 Å². The molecular formula is C19H30N2O. The van der Waals surface area contributed by atoms with Gasteiger partial charge in [0, 0.05) is 13.1 Å². The Balaban J connectivity index is 1.89. The minimum Gasteiger partial charge on any atom is -0.341 e. The van der Waals surface area contributed by atoms with Gasteiger partial charge >= 0.3 is 0 Å². The lowest BCUT2D eigenvalue weighted by Crippen LogP contribution is -2.46. The molecule has 1 aliphatic heterocycles. The Kier molecular flexibility index (Phi) is 5.63. The van der Waals surface area contributed by atoms with Crippen LogP contribution in [0.3, 0.4) is 0 Å². The minimum atomic E-state index is -0.346. The summed E-state index contributed by atoms with van der Waals surface area (Å²) in [5.41, 5.74) is 7.72. The quantitative estimate of drug-likeness (QED) is 0.877. The molecule has 3 nitrogen and oxygen atoms in total. The molecule has 0 aromatic heterocycles. The van der Waals surface area contributed by atoms with Crippen molar-refractivity contribution < 1.29 is 4.79 Å². The summed E-state index contributed by atoms with van der Waals surface area (Å²) in [4.78, 5) is 14.5. The molecule has 0 spiro atoms. The third kappa shape index (κ3) is 4.10. The van der Waals surface area contributed by atoms with E-state index in [1.807, 2.05) is 4.90 Å². The van der Waals surface area contributed by atoms with Gasteiger partial charge in [0.25, 0.3) is 0 Å². The van der Waals surface area contributed by atoms with E-state index < -0.39 is 0 Å². The summed E-state index contributed by atoms with van der Waals surface area (Å²) in [5, 5.41) is 0. The Morgan fingerprint density at radius 1 is 1.36 bits per heavy atom. The molecule has 122 valence electrons. The van der Waals surface area contributed by atoms with Gasteiger partial charge in [0.1, 0.15) is 0 Å². The maximum absolute atomic E-state index is 12.5. The fourth-order valence-corrected chi connectivity index (χ4v) is 3.21. The highest BCUT2D eigenvalue weighted by molar-refractivity contribution is 5.82. The molecule has 22 heavy (non-hydrogen) atoms. The topological polar surface area (TPSA) is 46.3 Å². The van der Waals surface area contributed by atoms with Crippen LogP contribution >= 0.6 is 0 Å².